The highest BCUT2D eigenvalue weighted by Gasteiger charge is 2.31. The van der Waals surface area contributed by atoms with Gasteiger partial charge in [-0.25, -0.2) is 4.98 Å². The van der Waals surface area contributed by atoms with Crippen molar-refractivity contribution >= 4 is 23.4 Å². The number of nitrogens with one attached hydrogen (secondary N) is 1. The molecule has 0 aliphatic rings. The van der Waals surface area contributed by atoms with Gasteiger partial charge in [-0.05, 0) is 23.8 Å². The van der Waals surface area contributed by atoms with E-state index >= 15 is 0 Å². The summed E-state index contributed by atoms with van der Waals surface area (Å²) in [6.45, 7) is 0. The summed E-state index contributed by atoms with van der Waals surface area (Å²) < 4.78 is 40.5. The zero-order valence-corrected chi connectivity index (χ0v) is 15.1. The number of hydrogen-bond donors (Lipinski definition) is 1. The highest BCUT2D eigenvalue weighted by atomic mass is 32.2. The van der Waals surface area contributed by atoms with E-state index < -0.39 is 22.9 Å². The molecule has 0 aliphatic carbocycles. The minimum absolute atomic E-state index is 0.0937. The van der Waals surface area contributed by atoms with Crippen LogP contribution in [0.5, 0.6) is 0 Å². The monoisotopic (exact) mass is 391 g/mol. The van der Waals surface area contributed by atoms with Crippen LogP contribution >= 0.6 is 11.8 Å². The maximum absolute atomic E-state index is 12.9. The molecule has 1 amide bonds. The van der Waals surface area contributed by atoms with Crippen molar-refractivity contribution in [2.45, 2.75) is 16.6 Å². The van der Waals surface area contributed by atoms with Crippen molar-refractivity contribution in [2.24, 2.45) is 7.05 Å². The van der Waals surface area contributed by atoms with Gasteiger partial charge in [-0.15, -0.1) is 0 Å². The lowest BCUT2D eigenvalue weighted by atomic mass is 10.1. The summed E-state index contributed by atoms with van der Waals surface area (Å²) in [5, 5.41) is 2.55. The van der Waals surface area contributed by atoms with Gasteiger partial charge >= 0.3 is 6.18 Å². The zero-order valence-electron chi connectivity index (χ0n) is 14.3. The van der Waals surface area contributed by atoms with E-state index in [1.165, 1.54) is 23.9 Å². The lowest BCUT2D eigenvalue weighted by molar-refractivity contribution is -0.137. The van der Waals surface area contributed by atoms with E-state index in [2.05, 4.69) is 10.3 Å². The highest BCUT2D eigenvalue weighted by Crippen LogP contribution is 2.36. The first-order chi connectivity index (χ1) is 12.8. The number of thioether (sulfide) groups is 1. The number of halogens is 3. The second-order valence-electron chi connectivity index (χ2n) is 5.80. The van der Waals surface area contributed by atoms with E-state index in [-0.39, 0.29) is 5.69 Å². The van der Waals surface area contributed by atoms with Gasteiger partial charge in [-0.3, -0.25) is 4.79 Å². The number of aromatic nitrogens is 2. The Hall–Kier alpha value is -2.74. The molecule has 1 N–H and O–H groups in total. The third-order valence-corrected chi connectivity index (χ3v) is 5.12. The van der Waals surface area contributed by atoms with Gasteiger partial charge in [0, 0.05) is 25.1 Å². The molecular weight excluding hydrogens is 375 g/mol. The molecular formula is C19H16F3N3OS. The SMILES string of the molecule is Cn1ccnc1S[C@H](C(=O)Nc1cccc(C(F)(F)F)c1)c1ccccc1. The number of nitrogens with zero attached hydrogens (tertiary/aromatic N) is 2. The predicted molar refractivity (Wildman–Crippen MR) is 98.3 cm³/mol. The van der Waals surface area contributed by atoms with Gasteiger partial charge in [0.1, 0.15) is 5.25 Å². The fraction of sp³-hybridized carbons (Fsp3) is 0.158. The van der Waals surface area contributed by atoms with E-state index in [1.54, 1.807) is 41.2 Å². The Kier molecular flexibility index (Phi) is 5.55. The summed E-state index contributed by atoms with van der Waals surface area (Å²) in [7, 11) is 1.81. The average Bonchev–Trinajstić information content (AvgIpc) is 3.04. The minimum Gasteiger partial charge on any atom is -0.329 e. The van der Waals surface area contributed by atoms with Crippen molar-refractivity contribution in [1.29, 1.82) is 0 Å². The standard InChI is InChI=1S/C19H16F3N3OS/c1-25-11-10-23-18(25)27-16(13-6-3-2-4-7-13)17(26)24-15-9-5-8-14(12-15)19(20,21)22/h2-12,16H,1H3,(H,24,26)/t16-/m0/s1. The molecule has 0 bridgehead atoms. The lowest BCUT2D eigenvalue weighted by Gasteiger charge is -2.17. The molecule has 0 spiro atoms. The lowest BCUT2D eigenvalue weighted by Crippen LogP contribution is -2.20. The second kappa shape index (κ2) is 7.87. The molecule has 1 aromatic heterocycles. The number of carbonyl (C=O) groups is 1. The number of hydrogen-bond acceptors (Lipinski definition) is 3. The second-order valence-corrected chi connectivity index (χ2v) is 6.87. The average molecular weight is 391 g/mol. The molecule has 0 saturated carbocycles. The molecule has 0 radical (unpaired) electrons. The number of carbonyl (C=O) groups excluding carboxylic acids is 1. The van der Waals surface area contributed by atoms with Gasteiger partial charge < -0.3 is 9.88 Å². The summed E-state index contributed by atoms with van der Waals surface area (Å²) in [6.07, 6.45) is -1.09. The Labute approximate surface area is 158 Å². The van der Waals surface area contributed by atoms with Gasteiger partial charge in [-0.2, -0.15) is 13.2 Å². The van der Waals surface area contributed by atoms with Gasteiger partial charge in [0.2, 0.25) is 5.91 Å². The number of aryl methyl sites for hydroxylation is 1. The van der Waals surface area contributed by atoms with Crippen LogP contribution in [0.3, 0.4) is 0 Å². The van der Waals surface area contributed by atoms with Gasteiger partial charge in [-0.1, -0.05) is 48.2 Å². The number of amides is 1. The summed E-state index contributed by atoms with van der Waals surface area (Å²) >= 11 is 1.23. The molecule has 140 valence electrons. The summed E-state index contributed by atoms with van der Waals surface area (Å²) in [4.78, 5) is 17.1. The Bertz CT molecular complexity index is 925. The molecule has 8 heteroatoms. The summed E-state index contributed by atoms with van der Waals surface area (Å²) in [5.41, 5.74) is 0.0134. The Morgan fingerprint density at radius 2 is 1.89 bits per heavy atom. The van der Waals surface area contributed by atoms with E-state index in [0.29, 0.717) is 5.16 Å². The van der Waals surface area contributed by atoms with Crippen LogP contribution in [0, 0.1) is 0 Å². The number of rotatable bonds is 5. The number of benzene rings is 2. The van der Waals surface area contributed by atoms with E-state index in [1.807, 2.05) is 13.1 Å². The number of imidazole rings is 1. The highest BCUT2D eigenvalue weighted by molar-refractivity contribution is 8.00. The molecule has 1 atom stereocenters. The molecule has 0 unspecified atom stereocenters. The van der Waals surface area contributed by atoms with Crippen LogP contribution in [-0.2, 0) is 18.0 Å². The van der Waals surface area contributed by atoms with E-state index in [0.717, 1.165) is 17.7 Å². The Morgan fingerprint density at radius 1 is 1.15 bits per heavy atom. The van der Waals surface area contributed by atoms with Crippen molar-refractivity contribution in [3.8, 4) is 0 Å². The third-order valence-electron chi connectivity index (χ3n) is 3.80. The zero-order chi connectivity index (χ0) is 19.4. The van der Waals surface area contributed by atoms with Crippen LogP contribution in [0.4, 0.5) is 18.9 Å². The molecule has 3 rings (SSSR count). The summed E-state index contributed by atoms with van der Waals surface area (Å²) in [5.74, 6) is -0.423. The normalized spacial score (nSPS) is 12.6. The van der Waals surface area contributed by atoms with Crippen molar-refractivity contribution in [3.63, 3.8) is 0 Å². The van der Waals surface area contributed by atoms with Crippen LogP contribution in [-0.4, -0.2) is 15.5 Å². The first kappa shape index (κ1) is 19.0. The summed E-state index contributed by atoms with van der Waals surface area (Å²) in [6, 6.07) is 13.6. The van der Waals surface area contributed by atoms with Crippen molar-refractivity contribution in [2.75, 3.05) is 5.32 Å². The van der Waals surface area contributed by atoms with Crippen LogP contribution in [0.1, 0.15) is 16.4 Å². The topological polar surface area (TPSA) is 46.9 Å². The molecule has 0 aliphatic heterocycles. The van der Waals surface area contributed by atoms with Crippen LogP contribution < -0.4 is 5.32 Å². The fourth-order valence-electron chi connectivity index (χ4n) is 2.45. The maximum atomic E-state index is 12.9. The molecule has 1 heterocycles. The van der Waals surface area contributed by atoms with E-state index in [9.17, 15) is 18.0 Å². The first-order valence-corrected chi connectivity index (χ1v) is 8.89. The Morgan fingerprint density at radius 3 is 2.52 bits per heavy atom. The molecule has 4 nitrogen and oxygen atoms in total. The van der Waals surface area contributed by atoms with Crippen LogP contribution in [0.15, 0.2) is 72.1 Å². The quantitative estimate of drug-likeness (QED) is 0.629. The predicted octanol–water partition coefficient (Wildman–Crippen LogP) is 4.91. The van der Waals surface area contributed by atoms with Crippen molar-refractivity contribution < 1.29 is 18.0 Å². The van der Waals surface area contributed by atoms with Gasteiger partial charge in [0.25, 0.3) is 0 Å². The van der Waals surface area contributed by atoms with Crippen molar-refractivity contribution in [3.05, 3.63) is 78.1 Å². The number of anilines is 1. The van der Waals surface area contributed by atoms with Gasteiger partial charge in [0.15, 0.2) is 5.16 Å². The minimum atomic E-state index is -4.47. The Balaban J connectivity index is 1.86. The van der Waals surface area contributed by atoms with Crippen molar-refractivity contribution in [1.82, 2.24) is 9.55 Å². The van der Waals surface area contributed by atoms with Crippen LogP contribution in [0.2, 0.25) is 0 Å². The maximum Gasteiger partial charge on any atom is 0.416 e. The molecule has 27 heavy (non-hydrogen) atoms. The fourth-order valence-corrected chi connectivity index (χ4v) is 3.47. The molecule has 2 aromatic carbocycles. The first-order valence-electron chi connectivity index (χ1n) is 8.01. The van der Waals surface area contributed by atoms with Gasteiger partial charge in [0.05, 0.1) is 5.56 Å². The largest absolute Gasteiger partial charge is 0.416 e. The van der Waals surface area contributed by atoms with E-state index in [4.69, 9.17) is 0 Å². The third kappa shape index (κ3) is 4.71. The number of alkyl halides is 3. The molecule has 0 saturated heterocycles. The smallest absolute Gasteiger partial charge is 0.329 e. The van der Waals surface area contributed by atoms with Crippen LogP contribution in [0.25, 0.3) is 0 Å². The molecule has 3 aromatic rings. The molecule has 0 fully saturated rings.